The van der Waals surface area contributed by atoms with Crippen molar-refractivity contribution < 1.29 is 0 Å². The Hall–Kier alpha value is -0.300. The Morgan fingerprint density at radius 3 is 2.67 bits per heavy atom. The van der Waals surface area contributed by atoms with E-state index >= 15 is 0 Å². The van der Waals surface area contributed by atoms with Crippen molar-refractivity contribution in [1.82, 2.24) is 4.90 Å². The lowest BCUT2D eigenvalue weighted by Crippen LogP contribution is -2.32. The molecule has 0 bridgehead atoms. The molecule has 1 aliphatic carbocycles. The van der Waals surface area contributed by atoms with Gasteiger partial charge in [-0.2, -0.15) is 0 Å². The van der Waals surface area contributed by atoms with Crippen molar-refractivity contribution in [2.24, 2.45) is 5.92 Å². The third kappa shape index (κ3) is 2.34. The summed E-state index contributed by atoms with van der Waals surface area (Å²) in [4.78, 5) is 2.36. The second-order valence-electron chi connectivity index (χ2n) is 4.33. The smallest absolute Gasteiger partial charge is 0.0149 e. The first-order valence-electron chi connectivity index (χ1n) is 4.93. The summed E-state index contributed by atoms with van der Waals surface area (Å²) >= 11 is 0. The van der Waals surface area contributed by atoms with E-state index in [1.807, 2.05) is 0 Å². The quantitative estimate of drug-likeness (QED) is 0.543. The Morgan fingerprint density at radius 1 is 1.42 bits per heavy atom. The van der Waals surface area contributed by atoms with E-state index in [9.17, 15) is 0 Å². The molecule has 0 radical (unpaired) electrons. The highest BCUT2D eigenvalue weighted by Gasteiger charge is 2.20. The fourth-order valence-electron chi connectivity index (χ4n) is 2.02. The molecule has 0 amide bonds. The van der Waals surface area contributed by atoms with Crippen LogP contribution in [-0.2, 0) is 0 Å². The molecule has 1 heteroatoms. The summed E-state index contributed by atoms with van der Waals surface area (Å²) in [6.07, 6.45) is 6.30. The molecule has 1 nitrogen and oxygen atoms in total. The predicted octanol–water partition coefficient (Wildman–Crippen LogP) is 2.68. The first-order chi connectivity index (χ1) is 5.61. The van der Waals surface area contributed by atoms with Crippen LogP contribution in [0.5, 0.6) is 0 Å². The topological polar surface area (TPSA) is 3.24 Å². The first-order valence-corrected chi connectivity index (χ1v) is 4.93. The SMILES string of the molecule is CC1=CCC(N(C)C)C(C)CC1. The van der Waals surface area contributed by atoms with E-state index in [1.54, 1.807) is 5.57 Å². The number of nitrogens with zero attached hydrogens (tertiary/aromatic N) is 1. The molecule has 0 aliphatic heterocycles. The van der Waals surface area contributed by atoms with Gasteiger partial charge in [-0.05, 0) is 46.2 Å². The van der Waals surface area contributed by atoms with E-state index in [1.165, 1.54) is 19.3 Å². The third-order valence-electron chi connectivity index (χ3n) is 3.02. The molecular weight excluding hydrogens is 146 g/mol. The normalized spacial score (nSPS) is 31.6. The molecule has 0 N–H and O–H groups in total. The minimum absolute atomic E-state index is 0.752. The Balaban J connectivity index is 2.61. The van der Waals surface area contributed by atoms with Crippen molar-refractivity contribution in [3.63, 3.8) is 0 Å². The predicted molar refractivity (Wildman–Crippen MR) is 54.2 cm³/mol. The molecule has 0 saturated heterocycles. The van der Waals surface area contributed by atoms with Gasteiger partial charge < -0.3 is 4.90 Å². The van der Waals surface area contributed by atoms with E-state index in [2.05, 4.69) is 38.9 Å². The highest BCUT2D eigenvalue weighted by Crippen LogP contribution is 2.24. The lowest BCUT2D eigenvalue weighted by molar-refractivity contribution is 0.218. The molecule has 0 heterocycles. The van der Waals surface area contributed by atoms with Gasteiger partial charge in [-0.1, -0.05) is 18.6 Å². The first kappa shape index (κ1) is 9.79. The summed E-state index contributed by atoms with van der Waals surface area (Å²) in [5, 5.41) is 0. The number of rotatable bonds is 1. The third-order valence-corrected chi connectivity index (χ3v) is 3.02. The highest BCUT2D eigenvalue weighted by atomic mass is 15.1. The summed E-state index contributed by atoms with van der Waals surface area (Å²) in [6, 6.07) is 0.752. The van der Waals surface area contributed by atoms with Gasteiger partial charge in [-0.25, -0.2) is 0 Å². The van der Waals surface area contributed by atoms with Crippen molar-refractivity contribution in [3.8, 4) is 0 Å². The number of hydrogen-bond donors (Lipinski definition) is 0. The second-order valence-corrected chi connectivity index (χ2v) is 4.33. The van der Waals surface area contributed by atoms with Gasteiger partial charge in [0.05, 0.1) is 0 Å². The van der Waals surface area contributed by atoms with Crippen LogP contribution in [-0.4, -0.2) is 25.0 Å². The van der Waals surface area contributed by atoms with Gasteiger partial charge in [0.25, 0.3) is 0 Å². The van der Waals surface area contributed by atoms with Crippen molar-refractivity contribution >= 4 is 0 Å². The fourth-order valence-corrected chi connectivity index (χ4v) is 2.02. The maximum atomic E-state index is 2.41. The van der Waals surface area contributed by atoms with Crippen LogP contribution in [0.3, 0.4) is 0 Å². The Labute approximate surface area is 76.5 Å². The van der Waals surface area contributed by atoms with Crippen LogP contribution < -0.4 is 0 Å². The van der Waals surface area contributed by atoms with E-state index in [0.29, 0.717) is 0 Å². The van der Waals surface area contributed by atoms with E-state index < -0.39 is 0 Å². The van der Waals surface area contributed by atoms with Gasteiger partial charge in [0.2, 0.25) is 0 Å². The van der Waals surface area contributed by atoms with Crippen molar-refractivity contribution in [2.45, 2.75) is 39.2 Å². The zero-order valence-corrected chi connectivity index (χ0v) is 8.80. The minimum Gasteiger partial charge on any atom is -0.306 e. The van der Waals surface area contributed by atoms with Gasteiger partial charge in [0, 0.05) is 6.04 Å². The lowest BCUT2D eigenvalue weighted by atomic mass is 9.96. The maximum Gasteiger partial charge on any atom is 0.0149 e. The highest BCUT2D eigenvalue weighted by molar-refractivity contribution is 5.03. The van der Waals surface area contributed by atoms with Crippen LogP contribution in [0.4, 0.5) is 0 Å². The van der Waals surface area contributed by atoms with Crippen molar-refractivity contribution in [3.05, 3.63) is 11.6 Å². The molecular formula is C11H21N. The molecule has 2 unspecified atom stereocenters. The minimum atomic E-state index is 0.752. The van der Waals surface area contributed by atoms with Gasteiger partial charge in [0.1, 0.15) is 0 Å². The summed E-state index contributed by atoms with van der Waals surface area (Å²) < 4.78 is 0. The Morgan fingerprint density at radius 2 is 2.08 bits per heavy atom. The lowest BCUT2D eigenvalue weighted by Gasteiger charge is -2.27. The Kier molecular flexibility index (Phi) is 3.33. The molecule has 12 heavy (non-hydrogen) atoms. The zero-order chi connectivity index (χ0) is 9.14. The molecule has 0 fully saturated rings. The van der Waals surface area contributed by atoms with Gasteiger partial charge in [0.15, 0.2) is 0 Å². The largest absolute Gasteiger partial charge is 0.306 e. The van der Waals surface area contributed by atoms with E-state index in [4.69, 9.17) is 0 Å². The van der Waals surface area contributed by atoms with Gasteiger partial charge >= 0.3 is 0 Å². The number of hydrogen-bond acceptors (Lipinski definition) is 1. The van der Waals surface area contributed by atoms with E-state index in [-0.39, 0.29) is 0 Å². The summed E-state index contributed by atoms with van der Waals surface area (Å²) in [6.45, 7) is 4.63. The van der Waals surface area contributed by atoms with Crippen LogP contribution in [0.15, 0.2) is 11.6 Å². The van der Waals surface area contributed by atoms with E-state index in [0.717, 1.165) is 12.0 Å². The average molecular weight is 167 g/mol. The van der Waals surface area contributed by atoms with Crippen molar-refractivity contribution in [2.75, 3.05) is 14.1 Å². The monoisotopic (exact) mass is 167 g/mol. The van der Waals surface area contributed by atoms with Crippen LogP contribution in [0.25, 0.3) is 0 Å². The molecule has 1 aliphatic rings. The van der Waals surface area contributed by atoms with Crippen LogP contribution in [0.2, 0.25) is 0 Å². The van der Waals surface area contributed by atoms with Crippen molar-refractivity contribution in [1.29, 1.82) is 0 Å². The molecule has 0 aromatic carbocycles. The Bertz CT molecular complexity index is 170. The van der Waals surface area contributed by atoms with Gasteiger partial charge in [-0.15, -0.1) is 0 Å². The molecule has 1 rings (SSSR count). The average Bonchev–Trinajstić information content (AvgIpc) is 2.14. The second kappa shape index (κ2) is 4.08. The van der Waals surface area contributed by atoms with Crippen LogP contribution in [0, 0.1) is 5.92 Å². The standard InChI is InChI=1S/C11H21N/c1-9-5-7-10(2)11(8-6-9)12(3)4/h6,10-11H,5,7-8H2,1-4H3. The number of allylic oxidation sites excluding steroid dienone is 1. The molecule has 0 aromatic heterocycles. The van der Waals surface area contributed by atoms with Crippen LogP contribution >= 0.6 is 0 Å². The van der Waals surface area contributed by atoms with Gasteiger partial charge in [-0.3, -0.25) is 0 Å². The molecule has 0 spiro atoms. The zero-order valence-electron chi connectivity index (χ0n) is 8.80. The fraction of sp³-hybridized carbons (Fsp3) is 0.818. The summed E-state index contributed by atoms with van der Waals surface area (Å²) in [5.74, 6) is 0.841. The summed E-state index contributed by atoms with van der Waals surface area (Å²) in [5.41, 5.74) is 1.58. The molecule has 70 valence electrons. The molecule has 0 saturated carbocycles. The maximum absolute atomic E-state index is 2.41. The van der Waals surface area contributed by atoms with Crippen LogP contribution in [0.1, 0.15) is 33.1 Å². The molecule has 0 aromatic rings. The summed E-state index contributed by atoms with van der Waals surface area (Å²) in [7, 11) is 4.38. The molecule has 2 atom stereocenters.